The third kappa shape index (κ3) is 2.02. The van der Waals surface area contributed by atoms with Crippen molar-refractivity contribution >= 4 is 5.96 Å². The van der Waals surface area contributed by atoms with Gasteiger partial charge in [0, 0.05) is 18.9 Å². The zero-order chi connectivity index (χ0) is 9.80. The number of aliphatic imine (C=N–C) groups is 1. The predicted octanol–water partition coefficient (Wildman–Crippen LogP) is 0.691. The quantitative estimate of drug-likeness (QED) is 0.721. The van der Waals surface area contributed by atoms with Crippen LogP contribution in [-0.2, 0) is 0 Å². The molecule has 1 aliphatic heterocycles. The van der Waals surface area contributed by atoms with E-state index in [2.05, 4.69) is 27.5 Å². The van der Waals surface area contributed by atoms with Gasteiger partial charge < -0.3 is 10.6 Å². The lowest BCUT2D eigenvalue weighted by molar-refractivity contribution is 0.701. The lowest BCUT2D eigenvalue weighted by Gasteiger charge is -2.14. The molecule has 0 amide bonds. The highest BCUT2D eigenvalue weighted by Gasteiger charge is 2.09. The first-order valence-corrected chi connectivity index (χ1v) is 4.81. The number of pyridine rings is 1. The Balaban J connectivity index is 1.99. The van der Waals surface area contributed by atoms with E-state index in [4.69, 9.17) is 0 Å². The summed E-state index contributed by atoms with van der Waals surface area (Å²) >= 11 is 0. The number of aromatic nitrogens is 1. The maximum Gasteiger partial charge on any atom is 0.191 e. The van der Waals surface area contributed by atoms with E-state index >= 15 is 0 Å². The van der Waals surface area contributed by atoms with Gasteiger partial charge in [0.25, 0.3) is 0 Å². The van der Waals surface area contributed by atoms with Gasteiger partial charge >= 0.3 is 0 Å². The van der Waals surface area contributed by atoms with E-state index < -0.39 is 0 Å². The molecule has 0 spiro atoms. The summed E-state index contributed by atoms with van der Waals surface area (Å²) in [7, 11) is 0. The molecular formula is C10H14N4. The number of hydrogen-bond acceptors (Lipinski definition) is 4. The first-order chi connectivity index (χ1) is 6.86. The van der Waals surface area contributed by atoms with Crippen LogP contribution in [0.1, 0.15) is 18.5 Å². The second-order valence-electron chi connectivity index (χ2n) is 3.30. The molecule has 0 aliphatic carbocycles. The number of nitrogens with zero attached hydrogens (tertiary/aromatic N) is 2. The maximum atomic E-state index is 4.28. The van der Waals surface area contributed by atoms with Crippen molar-refractivity contribution in [1.82, 2.24) is 15.6 Å². The third-order valence-corrected chi connectivity index (χ3v) is 2.23. The Kier molecular flexibility index (Phi) is 2.62. The Morgan fingerprint density at radius 1 is 1.43 bits per heavy atom. The van der Waals surface area contributed by atoms with Crippen LogP contribution in [0.5, 0.6) is 0 Å². The standard InChI is InChI=1S/C10H14N4/c1-8(9-2-4-11-5-3-9)14-10-12-6-7-13-10/h2-5,8H,6-7H2,1H3,(H2,12,13,14). The lowest BCUT2D eigenvalue weighted by Crippen LogP contribution is -2.35. The molecule has 0 bridgehead atoms. The highest BCUT2D eigenvalue weighted by atomic mass is 15.2. The molecule has 1 unspecified atom stereocenters. The van der Waals surface area contributed by atoms with Gasteiger partial charge in [0.15, 0.2) is 5.96 Å². The minimum absolute atomic E-state index is 0.266. The zero-order valence-electron chi connectivity index (χ0n) is 8.20. The SMILES string of the molecule is CC(NC1=NCCN1)c1ccncc1. The molecule has 14 heavy (non-hydrogen) atoms. The fourth-order valence-corrected chi connectivity index (χ4v) is 1.44. The van der Waals surface area contributed by atoms with Crippen LogP contribution < -0.4 is 10.6 Å². The number of guanidine groups is 1. The van der Waals surface area contributed by atoms with Gasteiger partial charge in [-0.15, -0.1) is 0 Å². The molecule has 1 aromatic heterocycles. The van der Waals surface area contributed by atoms with Gasteiger partial charge in [-0.2, -0.15) is 0 Å². The van der Waals surface area contributed by atoms with Crippen molar-refractivity contribution < 1.29 is 0 Å². The molecule has 1 aliphatic rings. The van der Waals surface area contributed by atoms with Crippen molar-refractivity contribution in [3.63, 3.8) is 0 Å². The molecule has 0 radical (unpaired) electrons. The molecule has 4 heteroatoms. The molecular weight excluding hydrogens is 176 g/mol. The molecule has 0 aromatic carbocycles. The van der Waals surface area contributed by atoms with Gasteiger partial charge in [-0.1, -0.05) is 0 Å². The molecule has 2 rings (SSSR count). The van der Waals surface area contributed by atoms with E-state index in [1.54, 1.807) is 12.4 Å². The van der Waals surface area contributed by atoms with Gasteiger partial charge in [-0.3, -0.25) is 9.98 Å². The summed E-state index contributed by atoms with van der Waals surface area (Å²) in [6, 6.07) is 4.28. The molecule has 0 fully saturated rings. The Labute approximate surface area is 83.5 Å². The number of nitrogens with one attached hydrogen (secondary N) is 2. The van der Waals surface area contributed by atoms with Crippen molar-refractivity contribution in [2.75, 3.05) is 13.1 Å². The summed E-state index contributed by atoms with van der Waals surface area (Å²) in [6.07, 6.45) is 3.61. The first kappa shape index (κ1) is 8.99. The minimum atomic E-state index is 0.266. The fourth-order valence-electron chi connectivity index (χ4n) is 1.44. The third-order valence-electron chi connectivity index (χ3n) is 2.23. The van der Waals surface area contributed by atoms with E-state index in [9.17, 15) is 0 Å². The second kappa shape index (κ2) is 4.09. The Morgan fingerprint density at radius 2 is 2.21 bits per heavy atom. The van der Waals surface area contributed by atoms with E-state index in [0.717, 1.165) is 19.0 Å². The average molecular weight is 190 g/mol. The molecule has 4 nitrogen and oxygen atoms in total. The predicted molar refractivity (Wildman–Crippen MR) is 56.1 cm³/mol. The smallest absolute Gasteiger partial charge is 0.191 e. The summed E-state index contributed by atoms with van der Waals surface area (Å²) in [6.45, 7) is 3.91. The van der Waals surface area contributed by atoms with Crippen LogP contribution in [0.3, 0.4) is 0 Å². The highest BCUT2D eigenvalue weighted by molar-refractivity contribution is 5.81. The lowest BCUT2D eigenvalue weighted by atomic mass is 10.1. The van der Waals surface area contributed by atoms with Gasteiger partial charge in [-0.25, -0.2) is 0 Å². The molecule has 2 heterocycles. The van der Waals surface area contributed by atoms with Crippen LogP contribution in [0.25, 0.3) is 0 Å². The largest absolute Gasteiger partial charge is 0.355 e. The molecule has 1 atom stereocenters. The monoisotopic (exact) mass is 190 g/mol. The summed E-state index contributed by atoms with van der Waals surface area (Å²) in [5.41, 5.74) is 1.22. The van der Waals surface area contributed by atoms with Crippen LogP contribution in [0.4, 0.5) is 0 Å². The minimum Gasteiger partial charge on any atom is -0.355 e. The van der Waals surface area contributed by atoms with Crippen LogP contribution >= 0.6 is 0 Å². The second-order valence-corrected chi connectivity index (χ2v) is 3.30. The van der Waals surface area contributed by atoms with Crippen LogP contribution in [-0.4, -0.2) is 24.0 Å². The summed E-state index contributed by atoms with van der Waals surface area (Å²) in [4.78, 5) is 8.27. The zero-order valence-corrected chi connectivity index (χ0v) is 8.20. The summed E-state index contributed by atoms with van der Waals surface area (Å²) in [5.74, 6) is 0.898. The van der Waals surface area contributed by atoms with E-state index in [1.807, 2.05) is 12.1 Å². The van der Waals surface area contributed by atoms with E-state index in [0.29, 0.717) is 0 Å². The van der Waals surface area contributed by atoms with Crippen molar-refractivity contribution in [3.8, 4) is 0 Å². The fraction of sp³-hybridized carbons (Fsp3) is 0.400. The Morgan fingerprint density at radius 3 is 2.86 bits per heavy atom. The van der Waals surface area contributed by atoms with Crippen molar-refractivity contribution in [3.05, 3.63) is 30.1 Å². The van der Waals surface area contributed by atoms with Crippen LogP contribution in [0, 0.1) is 0 Å². The Hall–Kier alpha value is -1.58. The molecule has 0 saturated heterocycles. The van der Waals surface area contributed by atoms with E-state index in [-0.39, 0.29) is 6.04 Å². The number of hydrogen-bond donors (Lipinski definition) is 2. The molecule has 74 valence electrons. The molecule has 0 saturated carbocycles. The van der Waals surface area contributed by atoms with Gasteiger partial charge in [0.05, 0.1) is 12.6 Å². The maximum absolute atomic E-state index is 4.28. The highest BCUT2D eigenvalue weighted by Crippen LogP contribution is 2.09. The summed E-state index contributed by atoms with van der Waals surface area (Å²) < 4.78 is 0. The number of rotatable bonds is 2. The van der Waals surface area contributed by atoms with E-state index in [1.165, 1.54) is 5.56 Å². The average Bonchev–Trinajstić information content (AvgIpc) is 2.72. The first-order valence-electron chi connectivity index (χ1n) is 4.81. The van der Waals surface area contributed by atoms with Crippen molar-refractivity contribution in [2.45, 2.75) is 13.0 Å². The van der Waals surface area contributed by atoms with Gasteiger partial charge in [0.1, 0.15) is 0 Å². The normalized spacial score (nSPS) is 17.1. The van der Waals surface area contributed by atoms with Crippen LogP contribution in [0.15, 0.2) is 29.5 Å². The van der Waals surface area contributed by atoms with Gasteiger partial charge in [0.2, 0.25) is 0 Å². The van der Waals surface area contributed by atoms with Crippen molar-refractivity contribution in [1.29, 1.82) is 0 Å². The topological polar surface area (TPSA) is 49.3 Å². The van der Waals surface area contributed by atoms with Crippen LogP contribution in [0.2, 0.25) is 0 Å². The Bertz CT molecular complexity index is 320. The van der Waals surface area contributed by atoms with Crippen molar-refractivity contribution in [2.24, 2.45) is 4.99 Å². The molecule has 2 N–H and O–H groups in total. The summed E-state index contributed by atoms with van der Waals surface area (Å²) in [5, 5.41) is 6.49. The molecule has 1 aromatic rings. The van der Waals surface area contributed by atoms with Gasteiger partial charge in [-0.05, 0) is 24.6 Å².